The molecule has 1 fully saturated rings. The Balaban J connectivity index is 1.61. The third-order valence-electron chi connectivity index (χ3n) is 4.38. The van der Waals surface area contributed by atoms with Gasteiger partial charge in [-0.05, 0) is 29.7 Å². The van der Waals surface area contributed by atoms with Crippen LogP contribution >= 0.6 is 0 Å². The molecule has 1 aliphatic rings. The van der Waals surface area contributed by atoms with Gasteiger partial charge >= 0.3 is 0 Å². The second kappa shape index (κ2) is 8.27. The van der Waals surface area contributed by atoms with E-state index in [1.807, 2.05) is 36.4 Å². The van der Waals surface area contributed by atoms with Crippen molar-refractivity contribution < 1.29 is 13.8 Å². The molecule has 2 amide bonds. The first-order chi connectivity index (χ1) is 12.5. The Kier molecular flexibility index (Phi) is 5.83. The minimum Gasteiger partial charge on any atom is -0.340 e. The highest BCUT2D eigenvalue weighted by atomic mass is 32.2. The summed E-state index contributed by atoms with van der Waals surface area (Å²) in [5, 5.41) is 2.84. The van der Waals surface area contributed by atoms with Crippen molar-refractivity contribution in [1.29, 1.82) is 0 Å². The van der Waals surface area contributed by atoms with Gasteiger partial charge in [-0.25, -0.2) is 0 Å². The van der Waals surface area contributed by atoms with Gasteiger partial charge in [0.2, 0.25) is 5.91 Å². The van der Waals surface area contributed by atoms with Crippen molar-refractivity contribution in [2.45, 2.75) is 24.8 Å². The summed E-state index contributed by atoms with van der Waals surface area (Å²) < 4.78 is 11.4. The highest BCUT2D eigenvalue weighted by Crippen LogP contribution is 2.16. The lowest BCUT2D eigenvalue weighted by Gasteiger charge is -2.17. The molecule has 0 spiro atoms. The summed E-state index contributed by atoms with van der Waals surface area (Å²) in [5.74, 6) is 0.0931. The van der Waals surface area contributed by atoms with Gasteiger partial charge in [0, 0.05) is 41.5 Å². The molecule has 1 N–H and O–H groups in total. The SMILES string of the molecule is C[S@@](=O)Cc1cccc(C(=O)N[C@@H]2CCN(Cc3ccccc3)C2=O)c1. The molecule has 26 heavy (non-hydrogen) atoms. The summed E-state index contributed by atoms with van der Waals surface area (Å²) in [7, 11) is -0.965. The molecule has 0 saturated carbocycles. The minimum absolute atomic E-state index is 0.0481. The van der Waals surface area contributed by atoms with Gasteiger partial charge in [-0.1, -0.05) is 42.5 Å². The van der Waals surface area contributed by atoms with Crippen molar-refractivity contribution >= 4 is 22.6 Å². The number of nitrogens with one attached hydrogen (secondary N) is 1. The summed E-state index contributed by atoms with van der Waals surface area (Å²) in [5.41, 5.74) is 2.41. The highest BCUT2D eigenvalue weighted by Gasteiger charge is 2.32. The lowest BCUT2D eigenvalue weighted by Crippen LogP contribution is -2.41. The highest BCUT2D eigenvalue weighted by molar-refractivity contribution is 7.83. The number of benzene rings is 2. The van der Waals surface area contributed by atoms with Crippen LogP contribution in [0.25, 0.3) is 0 Å². The first-order valence-electron chi connectivity index (χ1n) is 8.55. The Hall–Kier alpha value is -2.47. The van der Waals surface area contributed by atoms with E-state index in [9.17, 15) is 13.8 Å². The molecule has 1 saturated heterocycles. The minimum atomic E-state index is -0.965. The fourth-order valence-corrected chi connectivity index (χ4v) is 3.76. The van der Waals surface area contributed by atoms with Crippen molar-refractivity contribution in [3.63, 3.8) is 0 Å². The number of likely N-dealkylation sites (tertiary alicyclic amines) is 1. The maximum absolute atomic E-state index is 12.6. The average molecular weight is 370 g/mol. The van der Waals surface area contributed by atoms with Crippen LogP contribution in [0.2, 0.25) is 0 Å². The molecule has 1 aliphatic heterocycles. The van der Waals surface area contributed by atoms with Crippen LogP contribution in [0.4, 0.5) is 0 Å². The normalized spacial score (nSPS) is 18.0. The Morgan fingerprint density at radius 1 is 1.15 bits per heavy atom. The van der Waals surface area contributed by atoms with Gasteiger partial charge in [-0.15, -0.1) is 0 Å². The molecule has 0 aliphatic carbocycles. The Morgan fingerprint density at radius 2 is 1.88 bits per heavy atom. The number of hydrogen-bond acceptors (Lipinski definition) is 3. The molecular weight excluding hydrogens is 348 g/mol. The summed E-state index contributed by atoms with van der Waals surface area (Å²) in [6.07, 6.45) is 2.24. The Labute approximate surface area is 155 Å². The van der Waals surface area contributed by atoms with E-state index in [-0.39, 0.29) is 11.8 Å². The van der Waals surface area contributed by atoms with E-state index in [1.54, 1.807) is 29.4 Å². The van der Waals surface area contributed by atoms with Crippen LogP contribution in [0.15, 0.2) is 54.6 Å². The summed E-state index contributed by atoms with van der Waals surface area (Å²) in [4.78, 5) is 26.8. The topological polar surface area (TPSA) is 66.5 Å². The molecule has 1 heterocycles. The monoisotopic (exact) mass is 370 g/mol. The van der Waals surface area contributed by atoms with E-state index < -0.39 is 16.8 Å². The molecule has 0 unspecified atom stereocenters. The predicted molar refractivity (Wildman–Crippen MR) is 102 cm³/mol. The second-order valence-corrected chi connectivity index (χ2v) is 7.91. The quantitative estimate of drug-likeness (QED) is 0.847. The summed E-state index contributed by atoms with van der Waals surface area (Å²) >= 11 is 0. The van der Waals surface area contributed by atoms with Gasteiger partial charge in [0.25, 0.3) is 5.91 Å². The molecule has 0 radical (unpaired) electrons. The van der Waals surface area contributed by atoms with Crippen molar-refractivity contribution in [3.05, 3.63) is 71.3 Å². The molecule has 6 heteroatoms. The van der Waals surface area contributed by atoms with E-state index in [4.69, 9.17) is 0 Å². The molecule has 136 valence electrons. The standard InChI is InChI=1S/C20H22N2O3S/c1-26(25)14-16-8-5-9-17(12-16)19(23)21-18-10-11-22(20(18)24)13-15-6-3-2-4-7-15/h2-9,12,18H,10-11,13-14H2,1H3,(H,21,23)/t18-,26-/m1/s1. The van der Waals surface area contributed by atoms with E-state index in [0.717, 1.165) is 11.1 Å². The maximum atomic E-state index is 12.6. The largest absolute Gasteiger partial charge is 0.340 e. The first kappa shape index (κ1) is 18.3. The number of carbonyl (C=O) groups excluding carboxylic acids is 2. The van der Waals surface area contributed by atoms with Crippen molar-refractivity contribution in [1.82, 2.24) is 10.2 Å². The van der Waals surface area contributed by atoms with E-state index in [0.29, 0.717) is 30.8 Å². The lowest BCUT2D eigenvalue weighted by molar-refractivity contribution is -0.129. The fourth-order valence-electron chi connectivity index (χ4n) is 3.11. The number of rotatable bonds is 6. The summed E-state index contributed by atoms with van der Waals surface area (Å²) in [6, 6.07) is 16.4. The predicted octanol–water partition coefficient (Wildman–Crippen LogP) is 2.10. The van der Waals surface area contributed by atoms with Crippen LogP contribution < -0.4 is 5.32 Å². The number of hydrogen-bond donors (Lipinski definition) is 1. The third-order valence-corrected chi connectivity index (χ3v) is 5.12. The van der Waals surface area contributed by atoms with Crippen LogP contribution in [0.3, 0.4) is 0 Å². The molecule has 0 aromatic heterocycles. The Morgan fingerprint density at radius 3 is 2.62 bits per heavy atom. The lowest BCUT2D eigenvalue weighted by atomic mass is 10.1. The van der Waals surface area contributed by atoms with Gasteiger partial charge in [0.1, 0.15) is 6.04 Å². The molecule has 2 aromatic rings. The number of carbonyl (C=O) groups is 2. The van der Waals surface area contributed by atoms with Crippen LogP contribution in [-0.2, 0) is 27.9 Å². The zero-order valence-electron chi connectivity index (χ0n) is 14.7. The van der Waals surface area contributed by atoms with Gasteiger partial charge in [-0.3, -0.25) is 13.8 Å². The van der Waals surface area contributed by atoms with Crippen molar-refractivity contribution in [2.24, 2.45) is 0 Å². The molecule has 3 rings (SSSR count). The zero-order chi connectivity index (χ0) is 18.5. The van der Waals surface area contributed by atoms with Gasteiger partial charge in [0.05, 0.1) is 0 Å². The average Bonchev–Trinajstić information content (AvgIpc) is 2.95. The summed E-state index contributed by atoms with van der Waals surface area (Å²) in [6.45, 7) is 1.19. The van der Waals surface area contributed by atoms with Gasteiger partial charge < -0.3 is 10.2 Å². The smallest absolute Gasteiger partial charge is 0.251 e. The maximum Gasteiger partial charge on any atom is 0.251 e. The van der Waals surface area contributed by atoms with Crippen LogP contribution in [0.5, 0.6) is 0 Å². The van der Waals surface area contributed by atoms with Crippen LogP contribution in [0.1, 0.15) is 27.9 Å². The van der Waals surface area contributed by atoms with Crippen molar-refractivity contribution in [2.75, 3.05) is 12.8 Å². The van der Waals surface area contributed by atoms with E-state index >= 15 is 0 Å². The van der Waals surface area contributed by atoms with E-state index in [2.05, 4.69) is 5.32 Å². The first-order valence-corrected chi connectivity index (χ1v) is 10.3. The van der Waals surface area contributed by atoms with Gasteiger partial charge in [-0.2, -0.15) is 0 Å². The van der Waals surface area contributed by atoms with Gasteiger partial charge in [0.15, 0.2) is 0 Å². The number of nitrogens with zero attached hydrogens (tertiary/aromatic N) is 1. The number of amides is 2. The Bertz CT molecular complexity index is 823. The molecule has 5 nitrogen and oxygen atoms in total. The van der Waals surface area contributed by atoms with Crippen LogP contribution in [0, 0.1) is 0 Å². The van der Waals surface area contributed by atoms with E-state index in [1.165, 1.54) is 0 Å². The van der Waals surface area contributed by atoms with Crippen molar-refractivity contribution in [3.8, 4) is 0 Å². The molecule has 2 atom stereocenters. The molecule has 2 aromatic carbocycles. The third kappa shape index (κ3) is 4.58. The van der Waals surface area contributed by atoms with Crippen LogP contribution in [-0.4, -0.2) is 39.8 Å². The second-order valence-electron chi connectivity index (χ2n) is 6.48. The zero-order valence-corrected chi connectivity index (χ0v) is 15.5. The molecule has 0 bridgehead atoms. The molecular formula is C20H22N2O3S. The fraction of sp³-hybridized carbons (Fsp3) is 0.300.